The van der Waals surface area contributed by atoms with E-state index >= 15 is 0 Å². The number of amides is 2. The molecule has 2 amide bonds. The number of anilines is 1. The lowest BCUT2D eigenvalue weighted by Gasteiger charge is -2.26. The third kappa shape index (κ3) is 13.9. The number of fused-ring (bicyclic) bond motifs is 1. The number of carboxylic acids is 3. The number of carbonyl (C=O) groups excluding carboxylic acids is 2. The molecule has 3 aliphatic heterocycles. The summed E-state index contributed by atoms with van der Waals surface area (Å²) in [5.74, 6) is -6.58. The summed E-state index contributed by atoms with van der Waals surface area (Å²) >= 11 is 0. The maximum Gasteiger partial charge on any atom is 0.473 e. The Morgan fingerprint density at radius 1 is 0.984 bits per heavy atom. The Hall–Kier alpha value is -5.12. The summed E-state index contributed by atoms with van der Waals surface area (Å²) in [6.07, 6.45) is -17.1. The number of benzene rings is 1. The number of amidine groups is 1. The van der Waals surface area contributed by atoms with Crippen molar-refractivity contribution < 1.29 is 92.8 Å². The van der Waals surface area contributed by atoms with Crippen LogP contribution in [0.3, 0.4) is 0 Å². The monoisotopic (exact) mass is 901 g/mol. The van der Waals surface area contributed by atoms with Crippen LogP contribution in [-0.2, 0) is 53.5 Å². The molecule has 4 rings (SSSR count). The fraction of sp³-hybridized carbons (Fsp3) is 0.571. The average Bonchev–Trinajstić information content (AvgIpc) is 3.46. The zero-order valence-corrected chi connectivity index (χ0v) is 33.9. The average molecular weight is 902 g/mol. The van der Waals surface area contributed by atoms with Crippen LogP contribution in [0.5, 0.6) is 0 Å². The first-order chi connectivity index (χ1) is 29.0. The molecule has 2 unspecified atom stereocenters. The number of aliphatic hydroxyl groups excluding tert-OH is 5. The van der Waals surface area contributed by atoms with Crippen molar-refractivity contribution in [2.24, 2.45) is 15.0 Å². The van der Waals surface area contributed by atoms with Gasteiger partial charge in [0, 0.05) is 24.9 Å². The minimum absolute atomic E-state index is 0.128. The first-order valence-electron chi connectivity index (χ1n) is 18.8. The summed E-state index contributed by atoms with van der Waals surface area (Å²) in [5.41, 5.74) is 2.20. The molecule has 26 nitrogen and oxygen atoms in total. The SMILES string of the molecule is CC1=NC2=NC(=N)NC(=O)C2N=C1[C@@H](C)Nc1ccc(C[C@H](O)[C@H](O)[C@H](O)CO[C@H]2O[C@H](COP(=O)(O)O[C@@H](CCC(=O)O)C(=O)N[C@@H](CCC(=O)O)C(=O)O)[C@@H](O)[C@H]2O)cc1. The summed E-state index contributed by atoms with van der Waals surface area (Å²) < 4.78 is 33.0. The predicted octanol–water partition coefficient (Wildman–Crippen LogP) is -2.88. The molecule has 13 N–H and O–H groups in total. The van der Waals surface area contributed by atoms with Crippen molar-refractivity contribution >= 4 is 66.5 Å². The van der Waals surface area contributed by atoms with E-state index in [0.29, 0.717) is 22.7 Å². The number of aliphatic carboxylic acids is 3. The maximum atomic E-state index is 12.7. The zero-order chi connectivity index (χ0) is 46.1. The fourth-order valence-corrected chi connectivity index (χ4v) is 7.11. The van der Waals surface area contributed by atoms with Crippen LogP contribution in [0, 0.1) is 5.41 Å². The first-order valence-corrected chi connectivity index (χ1v) is 20.3. The lowest BCUT2D eigenvalue weighted by Crippen LogP contribution is -2.49. The standard InChI is InChI=1S/C35H48N7O19P/c1-14(25-15(2)38-30-26(40-25)32(53)42-35(36)41-30)37-17-5-3-16(4-6-17)11-19(43)27(49)20(44)12-58-34-29(51)28(50)22(60-34)13-59-62(56,57)61-21(8-10-24(47)48)31(52)39-18(33(54)55)7-9-23(45)46/h3-6,14,18-22,26-29,34,37,43-44,49-51H,7-13H2,1-2H3,(H,39,52)(H,45,46)(H,47,48)(H,54,55)(H,56,57)(H2,36,42,53)/t14-,18+,19+,20-,21+,22-,26?,27+,28-,29-,34+/m1/s1. The van der Waals surface area contributed by atoms with Gasteiger partial charge in [-0.15, -0.1) is 0 Å². The third-order valence-corrected chi connectivity index (χ3v) is 10.4. The molecule has 0 bridgehead atoms. The molecule has 342 valence electrons. The number of nitrogens with one attached hydrogen (secondary N) is 4. The zero-order valence-electron chi connectivity index (χ0n) is 33.0. The second-order valence-corrected chi connectivity index (χ2v) is 15.7. The van der Waals surface area contributed by atoms with Crippen molar-refractivity contribution in [3.8, 4) is 0 Å². The summed E-state index contributed by atoms with van der Waals surface area (Å²) in [7, 11) is -5.33. The van der Waals surface area contributed by atoms with E-state index in [9.17, 15) is 64.1 Å². The highest BCUT2D eigenvalue weighted by Gasteiger charge is 2.46. The molecule has 0 radical (unpaired) electrons. The molecule has 0 saturated carbocycles. The number of rotatable bonds is 24. The number of carboxylic acid groups (broad SMARTS) is 3. The maximum absolute atomic E-state index is 12.7. The van der Waals surface area contributed by atoms with Gasteiger partial charge in [0.15, 0.2) is 18.2 Å². The Labute approximate surface area is 351 Å². The Bertz CT molecular complexity index is 1980. The van der Waals surface area contributed by atoms with E-state index in [-0.39, 0.29) is 18.2 Å². The Kier molecular flexibility index (Phi) is 17.4. The molecule has 3 heterocycles. The van der Waals surface area contributed by atoms with Crippen molar-refractivity contribution in [1.29, 1.82) is 5.41 Å². The number of nitrogens with zero attached hydrogens (tertiary/aromatic N) is 3. The van der Waals surface area contributed by atoms with Gasteiger partial charge in [-0.3, -0.25) is 43.9 Å². The molecule has 1 aromatic carbocycles. The van der Waals surface area contributed by atoms with E-state index in [1.54, 1.807) is 38.1 Å². The van der Waals surface area contributed by atoms with Crippen molar-refractivity contribution in [3.63, 3.8) is 0 Å². The van der Waals surface area contributed by atoms with E-state index in [1.807, 2.05) is 5.32 Å². The predicted molar refractivity (Wildman–Crippen MR) is 209 cm³/mol. The highest BCUT2D eigenvalue weighted by atomic mass is 31.2. The lowest BCUT2D eigenvalue weighted by atomic mass is 10.00. The minimum Gasteiger partial charge on any atom is -0.481 e. The number of carbonyl (C=O) groups is 5. The van der Waals surface area contributed by atoms with Gasteiger partial charge in [-0.1, -0.05) is 12.1 Å². The summed E-state index contributed by atoms with van der Waals surface area (Å²) in [5, 5.41) is 94.9. The number of guanidine groups is 1. The minimum atomic E-state index is -5.33. The van der Waals surface area contributed by atoms with Gasteiger partial charge in [0.25, 0.3) is 11.8 Å². The summed E-state index contributed by atoms with van der Waals surface area (Å²) in [4.78, 5) is 81.5. The van der Waals surface area contributed by atoms with Crippen molar-refractivity contribution in [2.45, 2.75) is 113 Å². The van der Waals surface area contributed by atoms with Crippen LogP contribution in [-0.4, -0.2) is 179 Å². The molecule has 3 aliphatic rings. The number of hydrogen-bond donors (Lipinski definition) is 13. The molecule has 12 atom stereocenters. The van der Waals surface area contributed by atoms with Crippen LogP contribution in [0.2, 0.25) is 0 Å². The van der Waals surface area contributed by atoms with Gasteiger partial charge in [-0.05, 0) is 44.4 Å². The molecule has 62 heavy (non-hydrogen) atoms. The highest BCUT2D eigenvalue weighted by molar-refractivity contribution is 7.47. The number of phosphoric ester groups is 1. The second-order valence-electron chi connectivity index (χ2n) is 14.3. The van der Waals surface area contributed by atoms with Gasteiger partial charge in [-0.25, -0.2) is 14.4 Å². The second kappa shape index (κ2) is 21.8. The summed E-state index contributed by atoms with van der Waals surface area (Å²) in [6, 6.07) is 3.50. The topological polar surface area (TPSA) is 418 Å². The quantitative estimate of drug-likeness (QED) is 0.0464. The van der Waals surface area contributed by atoms with Crippen LogP contribution in [0.25, 0.3) is 0 Å². The van der Waals surface area contributed by atoms with Crippen LogP contribution in [0.4, 0.5) is 5.69 Å². The summed E-state index contributed by atoms with van der Waals surface area (Å²) in [6.45, 7) is 1.75. The molecule has 1 saturated heterocycles. The molecule has 0 aromatic heterocycles. The molecule has 0 spiro atoms. The van der Waals surface area contributed by atoms with Crippen molar-refractivity contribution in [1.82, 2.24) is 10.6 Å². The Morgan fingerprint density at radius 2 is 1.63 bits per heavy atom. The number of aliphatic imine (C=N–C) groups is 3. The normalized spacial score (nSPS) is 25.0. The Balaban J connectivity index is 1.25. The number of aliphatic hydroxyl groups is 5. The smallest absolute Gasteiger partial charge is 0.473 e. The van der Waals surface area contributed by atoms with Gasteiger partial charge in [-0.2, -0.15) is 4.99 Å². The van der Waals surface area contributed by atoms with Crippen molar-refractivity contribution in [3.05, 3.63) is 29.8 Å². The molecular formula is C35H48N7O19P. The van der Waals surface area contributed by atoms with Gasteiger partial charge in [0.2, 0.25) is 5.96 Å². The molecule has 0 aliphatic carbocycles. The van der Waals surface area contributed by atoms with Gasteiger partial charge < -0.3 is 65.9 Å². The molecule has 1 aromatic rings. The van der Waals surface area contributed by atoms with Crippen LogP contribution >= 0.6 is 7.82 Å². The van der Waals surface area contributed by atoms with E-state index in [1.165, 1.54) is 0 Å². The van der Waals surface area contributed by atoms with E-state index in [4.69, 9.17) is 34.1 Å². The van der Waals surface area contributed by atoms with Crippen LogP contribution in [0.1, 0.15) is 45.1 Å². The number of hydrogen-bond acceptors (Lipinski definition) is 19. The number of phosphoric acid groups is 1. The molecule has 1 fully saturated rings. The Morgan fingerprint density at radius 3 is 2.26 bits per heavy atom. The van der Waals surface area contributed by atoms with E-state index in [2.05, 4.69) is 25.6 Å². The molecular weight excluding hydrogens is 853 g/mol. The van der Waals surface area contributed by atoms with E-state index in [0.717, 1.165) is 0 Å². The van der Waals surface area contributed by atoms with E-state index < -0.39 is 144 Å². The third-order valence-electron chi connectivity index (χ3n) is 9.45. The lowest BCUT2D eigenvalue weighted by molar-refractivity contribution is -0.192. The highest BCUT2D eigenvalue weighted by Crippen LogP contribution is 2.46. The fourth-order valence-electron chi connectivity index (χ4n) is 6.19. The number of ether oxygens (including phenoxy) is 2. The first kappa shape index (κ1) is 49.5. The van der Waals surface area contributed by atoms with Crippen LogP contribution in [0.15, 0.2) is 39.2 Å². The van der Waals surface area contributed by atoms with Crippen molar-refractivity contribution in [2.75, 3.05) is 18.5 Å². The molecule has 27 heteroatoms. The van der Waals surface area contributed by atoms with Crippen LogP contribution < -0.4 is 16.0 Å². The van der Waals surface area contributed by atoms with Gasteiger partial charge >= 0.3 is 25.7 Å². The largest absolute Gasteiger partial charge is 0.481 e. The van der Waals surface area contributed by atoms with Gasteiger partial charge in [0.1, 0.15) is 42.7 Å². The van der Waals surface area contributed by atoms with Gasteiger partial charge in [0.05, 0.1) is 36.8 Å².